The number of hydrogen-bond donors (Lipinski definition) is 0. The molecule has 10 nitrogen and oxygen atoms in total. The predicted octanol–water partition coefficient (Wildman–Crippen LogP) is 22.9. The van der Waals surface area contributed by atoms with E-state index in [-0.39, 0.29) is 7.43 Å². The summed E-state index contributed by atoms with van der Waals surface area (Å²) in [5.41, 5.74) is 0. The lowest BCUT2D eigenvalue weighted by Gasteiger charge is -2.29. The van der Waals surface area contributed by atoms with Crippen LogP contribution in [0.3, 0.4) is 0 Å². The number of ether oxygens (including phenoxy) is 1. The van der Waals surface area contributed by atoms with Gasteiger partial charge < -0.3 is 14.5 Å². The Balaban J connectivity index is -0.0000000682. The minimum absolute atomic E-state index is 0. The Hall–Kier alpha value is 0.170. The molecular formula is C80H192N6O4S3. The van der Waals surface area contributed by atoms with Crippen molar-refractivity contribution in [3.8, 4) is 0 Å². The molecule has 6 fully saturated rings. The van der Waals surface area contributed by atoms with Gasteiger partial charge in [0.1, 0.15) is 0 Å². The summed E-state index contributed by atoms with van der Waals surface area (Å²) >= 11 is 2.07. The number of rotatable bonds is 6. The van der Waals surface area contributed by atoms with E-state index in [1.807, 2.05) is 83.1 Å². The molecule has 0 saturated carbocycles. The second kappa shape index (κ2) is 94.2. The lowest BCUT2D eigenvalue weighted by atomic mass is 10.1. The highest BCUT2D eigenvalue weighted by Gasteiger charge is 2.23. The molecule has 0 bridgehead atoms. The van der Waals surface area contributed by atoms with Gasteiger partial charge in [0.2, 0.25) is 0 Å². The fraction of sp³-hybridized carbons (Fsp3) is 1.00. The molecule has 6 rings (SSSR count). The van der Waals surface area contributed by atoms with Crippen LogP contribution < -0.4 is 0 Å². The van der Waals surface area contributed by atoms with Crippen LogP contribution in [-0.4, -0.2) is 205 Å². The van der Waals surface area contributed by atoms with E-state index in [1.54, 1.807) is 0 Å². The van der Waals surface area contributed by atoms with Crippen molar-refractivity contribution in [1.82, 2.24) is 29.4 Å². The van der Waals surface area contributed by atoms with Crippen molar-refractivity contribution >= 4 is 32.4 Å². The van der Waals surface area contributed by atoms with Gasteiger partial charge in [0.05, 0.1) is 24.7 Å². The third-order valence-corrected chi connectivity index (χ3v) is 15.4. The number of morpholine rings is 1. The molecule has 0 aromatic rings. The topological polar surface area (TPSA) is 79.9 Å². The Bertz CT molecular complexity index is 1220. The smallest absolute Gasteiger partial charge is 0.152 e. The first-order valence-corrected chi connectivity index (χ1v) is 43.4. The van der Waals surface area contributed by atoms with E-state index < -0.39 is 20.6 Å². The Morgan fingerprint density at radius 2 is 0.473 bits per heavy atom. The molecule has 6 saturated heterocycles. The van der Waals surface area contributed by atoms with Gasteiger partial charge in [-0.05, 0) is 170 Å². The maximum Gasteiger partial charge on any atom is 0.152 e. The molecule has 0 aromatic carbocycles. The maximum atomic E-state index is 11.0. The Kier molecular flexibility index (Phi) is 125. The summed E-state index contributed by atoms with van der Waals surface area (Å²) in [5.74, 6) is 10.1. The van der Waals surface area contributed by atoms with E-state index in [9.17, 15) is 12.6 Å². The fourth-order valence-corrected chi connectivity index (χ4v) is 10.5. The summed E-state index contributed by atoms with van der Waals surface area (Å²) in [6.07, 6.45) is 7.11. The minimum atomic E-state index is -2.69. The van der Waals surface area contributed by atoms with Crippen molar-refractivity contribution in [1.29, 1.82) is 0 Å². The van der Waals surface area contributed by atoms with Crippen molar-refractivity contribution in [3.05, 3.63) is 0 Å². The van der Waals surface area contributed by atoms with Gasteiger partial charge in [0, 0.05) is 122 Å². The summed E-state index contributed by atoms with van der Waals surface area (Å²) in [5, 5.41) is 0. The van der Waals surface area contributed by atoms with Crippen LogP contribution in [0.15, 0.2) is 0 Å². The third kappa shape index (κ3) is 126. The lowest BCUT2D eigenvalue weighted by Crippen LogP contribution is -2.43. The van der Waals surface area contributed by atoms with Crippen molar-refractivity contribution in [2.24, 2.45) is 35.5 Å². The van der Waals surface area contributed by atoms with Crippen molar-refractivity contribution in [2.75, 3.05) is 126 Å². The van der Waals surface area contributed by atoms with Gasteiger partial charge in [-0.25, -0.2) is 8.42 Å². The zero-order valence-corrected chi connectivity index (χ0v) is 74.6. The molecule has 0 radical (unpaired) electrons. The third-order valence-electron chi connectivity index (χ3n) is 11.6. The Morgan fingerprint density at radius 3 is 0.667 bits per heavy atom. The summed E-state index contributed by atoms with van der Waals surface area (Å²) in [7, 11) is -3.21. The molecule has 6 heterocycles. The van der Waals surface area contributed by atoms with Gasteiger partial charge in [0.25, 0.3) is 0 Å². The lowest BCUT2D eigenvalue weighted by molar-refractivity contribution is 0.0238. The van der Waals surface area contributed by atoms with Gasteiger partial charge in [0.15, 0.2) is 9.84 Å². The zero-order valence-electron chi connectivity index (χ0n) is 72.1. The molecule has 0 amide bonds. The molecule has 6 aliphatic heterocycles. The van der Waals surface area contributed by atoms with Crippen LogP contribution in [0, 0.1) is 35.5 Å². The number of thioether (sulfide) groups is 1. The standard InChI is InChI=1S/C8H17N.C7H15NO2S.C7H15NOS.C7H15NO.C7H15NS.C7H15N.6C4H10.6C2H6.CH4/c1-8(2)9-6-4-3-5-7-9;1-7(2)8-3-5-11(9,10)6-4-8;1-7(2)8-3-5-10(9)6-4-8;2*1-7(2)8-3-5-9-6-4-8;1-7(2)8-5-3-4-6-8;6*1-4(2)3;6*1-2;/h8H,3-7H2,1-2H3;7H,3-6H2,1-2H3;7H,3-6H2,1-2H3;2*7H,3-6H2,1-2H3;7H,3-6H2,1-2H3;6*4H,1-3H3;6*1-2H3;1H4. The molecule has 0 aliphatic carbocycles. The van der Waals surface area contributed by atoms with Crippen molar-refractivity contribution in [3.63, 3.8) is 0 Å². The summed E-state index contributed by atoms with van der Waals surface area (Å²) in [6, 6.07) is 4.09. The average molecular weight is 1400 g/mol. The van der Waals surface area contributed by atoms with Gasteiger partial charge in [-0.2, -0.15) is 11.8 Å². The molecular weight excluding hydrogens is 1210 g/mol. The van der Waals surface area contributed by atoms with E-state index in [2.05, 4.69) is 249 Å². The second-order valence-electron chi connectivity index (χ2n) is 28.2. The zero-order chi connectivity index (χ0) is 75.6. The maximum absolute atomic E-state index is 11.0. The van der Waals surface area contributed by atoms with E-state index in [4.69, 9.17) is 4.74 Å². The van der Waals surface area contributed by atoms with E-state index in [0.29, 0.717) is 42.7 Å². The fourth-order valence-electron chi connectivity index (χ4n) is 7.29. The highest BCUT2D eigenvalue weighted by molar-refractivity contribution is 7.99. The molecule has 0 unspecified atom stereocenters. The number of nitrogens with zero attached hydrogens (tertiary/aromatic N) is 6. The second-order valence-corrected chi connectivity index (χ2v) is 33.4. The molecule has 13 heteroatoms. The molecule has 0 spiro atoms. The normalized spacial score (nSPS) is 17.0. The van der Waals surface area contributed by atoms with Crippen molar-refractivity contribution in [2.45, 2.75) is 367 Å². The van der Waals surface area contributed by atoms with Crippen LogP contribution in [-0.2, 0) is 25.4 Å². The summed E-state index contributed by atoms with van der Waals surface area (Å²) in [6.45, 7) is 105. The molecule has 0 aromatic heterocycles. The van der Waals surface area contributed by atoms with Crippen molar-refractivity contribution < 1.29 is 17.4 Å². The summed E-state index contributed by atoms with van der Waals surface area (Å²) < 4.78 is 38.1. The predicted molar refractivity (Wildman–Crippen MR) is 446 cm³/mol. The Labute approximate surface area is 603 Å². The quantitative estimate of drug-likeness (QED) is 0.255. The Morgan fingerprint density at radius 1 is 0.290 bits per heavy atom. The largest absolute Gasteiger partial charge is 0.379 e. The number of likely N-dealkylation sites (tertiary alicyclic amines) is 2. The first-order valence-electron chi connectivity index (χ1n) is 39.0. The van der Waals surface area contributed by atoms with E-state index >= 15 is 0 Å². The molecule has 0 N–H and O–H groups in total. The van der Waals surface area contributed by atoms with Crippen LogP contribution in [0.2, 0.25) is 0 Å². The van der Waals surface area contributed by atoms with Gasteiger partial charge in [-0.3, -0.25) is 23.8 Å². The van der Waals surface area contributed by atoms with Crippen LogP contribution in [0.4, 0.5) is 0 Å². The highest BCUT2D eigenvalue weighted by Crippen LogP contribution is 2.13. The highest BCUT2D eigenvalue weighted by atomic mass is 32.2. The van der Waals surface area contributed by atoms with Gasteiger partial charge >= 0.3 is 0 Å². The van der Waals surface area contributed by atoms with Gasteiger partial charge in [-0.15, -0.1) is 0 Å². The number of piperidine rings is 1. The number of sulfone groups is 1. The van der Waals surface area contributed by atoms with Crippen LogP contribution >= 0.6 is 11.8 Å². The minimum Gasteiger partial charge on any atom is -0.379 e. The summed E-state index contributed by atoms with van der Waals surface area (Å²) in [4.78, 5) is 14.6. The SMILES string of the molecule is C.CC.CC.CC.CC.CC.CC.CC(C)C.CC(C)C.CC(C)C.CC(C)C.CC(C)C.CC(C)C.CC(C)N1CCCC1.CC(C)N1CCCCC1.CC(C)N1CCOCC1.CC(C)N1CCS(=O)(=O)CC1.CC(C)N1CCS(=O)CC1.CC(C)N1CCSCC1. The number of hydrogen-bond acceptors (Lipinski definition) is 11. The van der Waals surface area contributed by atoms with Crippen LogP contribution in [0.5, 0.6) is 0 Å². The van der Waals surface area contributed by atoms with E-state index in [0.717, 1.165) is 105 Å². The van der Waals surface area contributed by atoms with Gasteiger partial charge in [-0.1, -0.05) is 222 Å². The van der Waals surface area contributed by atoms with Crippen LogP contribution in [0.1, 0.15) is 330 Å². The monoisotopic (exact) mass is 1400 g/mol. The first-order chi connectivity index (χ1) is 42.8. The van der Waals surface area contributed by atoms with Crippen LogP contribution in [0.25, 0.3) is 0 Å². The molecule has 93 heavy (non-hydrogen) atoms. The first kappa shape index (κ1) is 123. The average Bonchev–Trinajstić information content (AvgIpc) is 3.08. The van der Waals surface area contributed by atoms with E-state index in [1.165, 1.54) is 82.9 Å². The molecule has 6 aliphatic rings. The molecule has 584 valence electrons. The molecule has 0 atom stereocenters.